The predicted octanol–water partition coefficient (Wildman–Crippen LogP) is 4.23. The lowest BCUT2D eigenvalue weighted by atomic mass is 10.2. The van der Waals surface area contributed by atoms with Gasteiger partial charge in [0, 0.05) is 5.02 Å². The van der Waals surface area contributed by atoms with Crippen molar-refractivity contribution in [2.24, 2.45) is 0 Å². The van der Waals surface area contributed by atoms with Crippen molar-refractivity contribution in [3.05, 3.63) is 40.6 Å². The summed E-state index contributed by atoms with van der Waals surface area (Å²) < 4.78 is 0. The topological polar surface area (TPSA) is 0 Å². The molecule has 1 rings (SSSR count). The van der Waals surface area contributed by atoms with Crippen molar-refractivity contribution in [2.75, 3.05) is 0 Å². The fourth-order valence-electron chi connectivity index (χ4n) is 0.920. The summed E-state index contributed by atoms with van der Waals surface area (Å²) in [7, 11) is -1.07. The van der Waals surface area contributed by atoms with Crippen LogP contribution in [0.25, 0.3) is 6.08 Å². The first kappa shape index (κ1) is 10.5. The number of rotatable bonds is 2. The summed E-state index contributed by atoms with van der Waals surface area (Å²) in [6, 6.07) is 7.93. The largest absolute Gasteiger partial charge is 0.0944 e. The lowest BCUT2D eigenvalue weighted by Gasteiger charge is -2.07. The molecule has 70 valence electrons. The molecule has 0 nitrogen and oxygen atoms in total. The third-order valence-electron chi connectivity index (χ3n) is 1.65. The van der Waals surface area contributed by atoms with Crippen LogP contribution in [0.3, 0.4) is 0 Å². The summed E-state index contributed by atoms with van der Waals surface area (Å²) in [5.41, 5.74) is 3.56. The summed E-state index contributed by atoms with van der Waals surface area (Å²) in [5, 5.41) is 0.796. The number of hydrogen-bond acceptors (Lipinski definition) is 0. The molecule has 1 aromatic rings. The van der Waals surface area contributed by atoms with Crippen LogP contribution in [0.4, 0.5) is 0 Å². The average Bonchev–Trinajstić information content (AvgIpc) is 2.02. The van der Waals surface area contributed by atoms with Gasteiger partial charge >= 0.3 is 0 Å². The molecule has 0 aliphatic heterocycles. The molecular formula is C11H15ClSi. The molecule has 0 aliphatic rings. The first-order valence-corrected chi connectivity index (χ1v) is 8.38. The highest BCUT2D eigenvalue weighted by Gasteiger charge is 2.06. The van der Waals surface area contributed by atoms with Gasteiger partial charge in [-0.15, -0.1) is 0 Å². The molecule has 2 heteroatoms. The quantitative estimate of drug-likeness (QED) is 0.641. The Morgan fingerprint density at radius 2 is 1.62 bits per heavy atom. The van der Waals surface area contributed by atoms with E-state index >= 15 is 0 Å². The van der Waals surface area contributed by atoms with Crippen LogP contribution >= 0.6 is 11.6 Å². The number of halogens is 1. The molecule has 0 fully saturated rings. The Bertz CT molecular complexity index is 293. The van der Waals surface area contributed by atoms with Gasteiger partial charge < -0.3 is 0 Å². The van der Waals surface area contributed by atoms with Gasteiger partial charge in [-0.1, -0.05) is 55.2 Å². The van der Waals surface area contributed by atoms with Crippen LogP contribution in [-0.4, -0.2) is 8.07 Å². The third kappa shape index (κ3) is 4.30. The Morgan fingerprint density at radius 1 is 1.08 bits per heavy atom. The van der Waals surface area contributed by atoms with Crippen molar-refractivity contribution in [3.63, 3.8) is 0 Å². The second-order valence-electron chi connectivity index (χ2n) is 4.25. The molecule has 0 saturated heterocycles. The van der Waals surface area contributed by atoms with Gasteiger partial charge in [0.15, 0.2) is 0 Å². The molecule has 0 heterocycles. The lowest BCUT2D eigenvalue weighted by Crippen LogP contribution is -2.15. The van der Waals surface area contributed by atoms with E-state index in [1.807, 2.05) is 24.3 Å². The second kappa shape index (κ2) is 4.12. The minimum atomic E-state index is -1.07. The standard InChI is InChI=1S/C11H15ClSi/c1-13(2,3)9-8-10-4-6-11(12)7-5-10/h4-9H,1-3H3/b9-8-. The van der Waals surface area contributed by atoms with Gasteiger partial charge in [0.25, 0.3) is 0 Å². The first-order valence-electron chi connectivity index (χ1n) is 4.42. The van der Waals surface area contributed by atoms with E-state index in [0.29, 0.717) is 0 Å². The lowest BCUT2D eigenvalue weighted by molar-refractivity contribution is 1.65. The van der Waals surface area contributed by atoms with Crippen LogP contribution in [0.5, 0.6) is 0 Å². The van der Waals surface area contributed by atoms with Gasteiger partial charge in [0.2, 0.25) is 0 Å². The third-order valence-corrected chi connectivity index (χ3v) is 3.06. The van der Waals surface area contributed by atoms with Crippen molar-refractivity contribution >= 4 is 25.8 Å². The monoisotopic (exact) mass is 210 g/mol. The Hall–Kier alpha value is -0.533. The molecule has 0 bridgehead atoms. The summed E-state index contributed by atoms with van der Waals surface area (Å²) in [4.78, 5) is 0. The zero-order valence-corrected chi connectivity index (χ0v) is 10.1. The van der Waals surface area contributed by atoms with E-state index < -0.39 is 8.07 Å². The highest BCUT2D eigenvalue weighted by molar-refractivity contribution is 6.81. The van der Waals surface area contributed by atoms with Crippen LogP contribution in [0, 0.1) is 0 Å². The highest BCUT2D eigenvalue weighted by atomic mass is 35.5. The Labute approximate surface area is 86.3 Å². The zero-order chi connectivity index (χ0) is 9.90. The van der Waals surface area contributed by atoms with E-state index in [4.69, 9.17) is 11.6 Å². The highest BCUT2D eigenvalue weighted by Crippen LogP contribution is 2.12. The zero-order valence-electron chi connectivity index (χ0n) is 8.34. The molecule has 0 amide bonds. The van der Waals surface area contributed by atoms with Crippen molar-refractivity contribution in [2.45, 2.75) is 19.6 Å². The smallest absolute Gasteiger partial charge is 0.0687 e. The van der Waals surface area contributed by atoms with Gasteiger partial charge in [0.05, 0.1) is 8.07 Å². The molecule has 0 radical (unpaired) electrons. The maximum atomic E-state index is 5.79. The average molecular weight is 211 g/mol. The molecule has 0 N–H and O–H groups in total. The summed E-state index contributed by atoms with van der Waals surface area (Å²) in [5.74, 6) is 0. The van der Waals surface area contributed by atoms with Gasteiger partial charge in [-0.3, -0.25) is 0 Å². The first-order chi connectivity index (χ1) is 5.97. The van der Waals surface area contributed by atoms with E-state index in [-0.39, 0.29) is 0 Å². The summed E-state index contributed by atoms with van der Waals surface area (Å²) in [6.45, 7) is 6.96. The molecule has 0 aromatic heterocycles. The molecule has 1 aromatic carbocycles. The van der Waals surface area contributed by atoms with E-state index in [1.54, 1.807) is 0 Å². The minimum Gasteiger partial charge on any atom is -0.0944 e. The fraction of sp³-hybridized carbons (Fsp3) is 0.273. The van der Waals surface area contributed by atoms with Crippen LogP contribution in [0.1, 0.15) is 5.56 Å². The molecule has 13 heavy (non-hydrogen) atoms. The molecule has 0 spiro atoms. The van der Waals surface area contributed by atoms with Crippen molar-refractivity contribution in [3.8, 4) is 0 Å². The van der Waals surface area contributed by atoms with Crippen molar-refractivity contribution < 1.29 is 0 Å². The predicted molar refractivity (Wildman–Crippen MR) is 63.8 cm³/mol. The normalized spacial score (nSPS) is 12.3. The van der Waals surface area contributed by atoms with E-state index in [0.717, 1.165) is 5.02 Å². The number of benzene rings is 1. The van der Waals surface area contributed by atoms with Crippen LogP contribution in [0.15, 0.2) is 30.0 Å². The van der Waals surface area contributed by atoms with Crippen LogP contribution in [-0.2, 0) is 0 Å². The summed E-state index contributed by atoms with van der Waals surface area (Å²) in [6.07, 6.45) is 2.18. The van der Waals surface area contributed by atoms with Crippen LogP contribution < -0.4 is 0 Å². The van der Waals surface area contributed by atoms with Gasteiger partial charge in [0.1, 0.15) is 0 Å². The number of hydrogen-bond donors (Lipinski definition) is 0. The molecule has 0 aliphatic carbocycles. The Kier molecular flexibility index (Phi) is 3.34. The van der Waals surface area contributed by atoms with Crippen molar-refractivity contribution in [1.82, 2.24) is 0 Å². The second-order valence-corrected chi connectivity index (χ2v) is 9.75. The molecule has 0 unspecified atom stereocenters. The van der Waals surface area contributed by atoms with Crippen molar-refractivity contribution in [1.29, 1.82) is 0 Å². The Morgan fingerprint density at radius 3 is 2.08 bits per heavy atom. The molecule has 0 saturated carbocycles. The molecular weight excluding hydrogens is 196 g/mol. The maximum Gasteiger partial charge on any atom is 0.0687 e. The van der Waals surface area contributed by atoms with Gasteiger partial charge in [-0.25, -0.2) is 0 Å². The Balaban J connectivity index is 2.75. The van der Waals surface area contributed by atoms with Gasteiger partial charge in [-0.2, -0.15) is 0 Å². The van der Waals surface area contributed by atoms with Gasteiger partial charge in [-0.05, 0) is 17.7 Å². The van der Waals surface area contributed by atoms with E-state index in [2.05, 4.69) is 31.4 Å². The van der Waals surface area contributed by atoms with E-state index in [1.165, 1.54) is 5.56 Å². The SMILES string of the molecule is C[Si](C)(C)/C=C\c1ccc(Cl)cc1. The minimum absolute atomic E-state index is 0.796. The fourth-order valence-corrected chi connectivity index (χ4v) is 1.74. The van der Waals surface area contributed by atoms with E-state index in [9.17, 15) is 0 Å². The van der Waals surface area contributed by atoms with Crippen LogP contribution in [0.2, 0.25) is 24.7 Å². The molecule has 0 atom stereocenters. The maximum absolute atomic E-state index is 5.79. The summed E-state index contributed by atoms with van der Waals surface area (Å²) >= 11 is 5.79.